The van der Waals surface area contributed by atoms with E-state index in [1.54, 1.807) is 18.2 Å². The summed E-state index contributed by atoms with van der Waals surface area (Å²) in [7, 11) is -3.80. The topological polar surface area (TPSA) is 119 Å². The number of nitro benzene ring substituents is 1. The first-order chi connectivity index (χ1) is 13.8. The lowest BCUT2D eigenvalue weighted by atomic mass is 10.2. The smallest absolute Gasteiger partial charge is 0.312 e. The number of benzene rings is 2. The highest BCUT2D eigenvalue weighted by Crippen LogP contribution is 2.35. The van der Waals surface area contributed by atoms with Crippen molar-refractivity contribution >= 4 is 27.3 Å². The molecule has 3 rings (SSSR count). The Hall–Kier alpha value is -2.98. The zero-order valence-electron chi connectivity index (χ0n) is 15.8. The molecule has 2 aromatic carbocycles. The Balaban J connectivity index is 1.91. The first-order valence-corrected chi connectivity index (χ1v) is 10.6. The first-order valence-electron chi connectivity index (χ1n) is 9.11. The van der Waals surface area contributed by atoms with E-state index in [2.05, 4.69) is 5.32 Å². The molecule has 2 aromatic rings. The minimum absolute atomic E-state index is 0.0902. The van der Waals surface area contributed by atoms with Crippen LogP contribution in [0.25, 0.3) is 0 Å². The Kier molecular flexibility index (Phi) is 6.14. The molecule has 0 unspecified atom stereocenters. The largest absolute Gasteiger partial charge is 0.450 e. The fourth-order valence-electron chi connectivity index (χ4n) is 3.11. The molecule has 0 aromatic heterocycles. The van der Waals surface area contributed by atoms with Gasteiger partial charge in [0.2, 0.25) is 21.7 Å². The van der Waals surface area contributed by atoms with Gasteiger partial charge in [0.15, 0.2) is 0 Å². The van der Waals surface area contributed by atoms with E-state index >= 15 is 0 Å². The maximum Gasteiger partial charge on any atom is 0.312 e. The second-order valence-corrected chi connectivity index (χ2v) is 8.60. The molecule has 1 heterocycles. The first kappa shape index (κ1) is 20.7. The van der Waals surface area contributed by atoms with Crippen LogP contribution in [0.2, 0.25) is 0 Å². The summed E-state index contributed by atoms with van der Waals surface area (Å²) in [6.07, 6.45) is 2.51. The molecule has 0 aliphatic carbocycles. The Morgan fingerprint density at radius 2 is 1.86 bits per heavy atom. The molecular weight excluding hydrogens is 398 g/mol. The summed E-state index contributed by atoms with van der Waals surface area (Å²) in [5, 5.41) is 14.1. The van der Waals surface area contributed by atoms with Gasteiger partial charge in [-0.25, -0.2) is 8.42 Å². The number of amides is 1. The van der Waals surface area contributed by atoms with E-state index in [0.29, 0.717) is 18.8 Å². The maximum absolute atomic E-state index is 12.8. The van der Waals surface area contributed by atoms with Gasteiger partial charge >= 0.3 is 5.69 Å². The zero-order valence-corrected chi connectivity index (χ0v) is 16.6. The number of carbonyl (C=O) groups is 1. The van der Waals surface area contributed by atoms with Crippen molar-refractivity contribution in [2.75, 3.05) is 18.4 Å². The van der Waals surface area contributed by atoms with Crippen LogP contribution in [0.5, 0.6) is 11.5 Å². The van der Waals surface area contributed by atoms with Crippen molar-refractivity contribution < 1.29 is 22.9 Å². The van der Waals surface area contributed by atoms with Crippen LogP contribution < -0.4 is 10.1 Å². The number of hydrogen-bond acceptors (Lipinski definition) is 6. The van der Waals surface area contributed by atoms with Gasteiger partial charge in [-0.15, -0.1) is 0 Å². The number of piperidine rings is 1. The fourth-order valence-corrected chi connectivity index (χ4v) is 4.65. The number of nitro groups is 1. The van der Waals surface area contributed by atoms with Crippen molar-refractivity contribution in [3.63, 3.8) is 0 Å². The van der Waals surface area contributed by atoms with Crippen LogP contribution >= 0.6 is 0 Å². The number of hydrogen-bond donors (Lipinski definition) is 1. The molecule has 0 bridgehead atoms. The lowest BCUT2D eigenvalue weighted by Gasteiger charge is -2.25. The van der Waals surface area contributed by atoms with E-state index in [0.717, 1.165) is 25.3 Å². The molecule has 0 radical (unpaired) electrons. The lowest BCUT2D eigenvalue weighted by molar-refractivity contribution is -0.385. The van der Waals surface area contributed by atoms with Crippen molar-refractivity contribution in [2.24, 2.45) is 0 Å². The quantitative estimate of drug-likeness (QED) is 0.565. The molecule has 154 valence electrons. The number of carbonyl (C=O) groups excluding carboxylic acids is 1. The summed E-state index contributed by atoms with van der Waals surface area (Å²) in [5.74, 6) is -0.0843. The molecule has 1 aliphatic heterocycles. The number of sulfonamides is 1. The fraction of sp³-hybridized carbons (Fsp3) is 0.316. The van der Waals surface area contributed by atoms with Crippen molar-refractivity contribution in [2.45, 2.75) is 31.1 Å². The highest BCUT2D eigenvalue weighted by molar-refractivity contribution is 7.89. The van der Waals surface area contributed by atoms with Gasteiger partial charge in [-0.3, -0.25) is 14.9 Å². The Morgan fingerprint density at radius 1 is 1.14 bits per heavy atom. The second-order valence-electron chi connectivity index (χ2n) is 6.66. The van der Waals surface area contributed by atoms with E-state index in [9.17, 15) is 23.3 Å². The minimum Gasteiger partial charge on any atom is -0.450 e. The average molecular weight is 419 g/mol. The molecule has 10 heteroatoms. The Morgan fingerprint density at radius 3 is 2.52 bits per heavy atom. The van der Waals surface area contributed by atoms with Crippen LogP contribution in [0.1, 0.15) is 26.2 Å². The summed E-state index contributed by atoms with van der Waals surface area (Å²) in [6.45, 7) is 2.18. The van der Waals surface area contributed by atoms with E-state index in [1.165, 1.54) is 29.4 Å². The van der Waals surface area contributed by atoms with E-state index in [-0.39, 0.29) is 22.3 Å². The Bertz CT molecular complexity index is 1030. The number of rotatable bonds is 6. The van der Waals surface area contributed by atoms with Gasteiger partial charge in [0.25, 0.3) is 0 Å². The molecule has 29 heavy (non-hydrogen) atoms. The molecule has 1 fully saturated rings. The number of nitrogens with one attached hydrogen (secondary N) is 1. The van der Waals surface area contributed by atoms with E-state index in [1.807, 2.05) is 0 Å². The zero-order chi connectivity index (χ0) is 21.0. The Labute approximate surface area is 168 Å². The van der Waals surface area contributed by atoms with E-state index in [4.69, 9.17) is 4.74 Å². The van der Waals surface area contributed by atoms with Crippen molar-refractivity contribution in [3.05, 3.63) is 52.6 Å². The van der Waals surface area contributed by atoms with Crippen molar-refractivity contribution in [3.8, 4) is 11.5 Å². The highest BCUT2D eigenvalue weighted by atomic mass is 32.2. The summed E-state index contributed by atoms with van der Waals surface area (Å²) in [6, 6.07) is 9.98. The summed E-state index contributed by atoms with van der Waals surface area (Å²) >= 11 is 0. The molecule has 1 saturated heterocycles. The minimum atomic E-state index is -3.80. The number of ether oxygens (including phenoxy) is 1. The average Bonchev–Trinajstić information content (AvgIpc) is 2.68. The van der Waals surface area contributed by atoms with Crippen LogP contribution in [0.4, 0.5) is 11.4 Å². The second kappa shape index (κ2) is 8.58. The molecule has 9 nitrogen and oxygen atoms in total. The summed E-state index contributed by atoms with van der Waals surface area (Å²) < 4.78 is 32.6. The highest BCUT2D eigenvalue weighted by Gasteiger charge is 2.29. The van der Waals surface area contributed by atoms with Crippen LogP contribution in [0.3, 0.4) is 0 Å². The monoisotopic (exact) mass is 419 g/mol. The van der Waals surface area contributed by atoms with Crippen molar-refractivity contribution in [1.82, 2.24) is 4.31 Å². The number of anilines is 1. The molecule has 1 N–H and O–H groups in total. The van der Waals surface area contributed by atoms with E-state index < -0.39 is 20.6 Å². The molecule has 0 atom stereocenters. The van der Waals surface area contributed by atoms with Gasteiger partial charge in [0.1, 0.15) is 5.75 Å². The van der Waals surface area contributed by atoms with Crippen molar-refractivity contribution in [1.29, 1.82) is 0 Å². The third-order valence-corrected chi connectivity index (χ3v) is 6.36. The van der Waals surface area contributed by atoms with Crippen LogP contribution in [-0.4, -0.2) is 36.6 Å². The predicted octanol–water partition coefficient (Wildman–Crippen LogP) is 3.52. The van der Waals surface area contributed by atoms with Gasteiger partial charge in [0.05, 0.1) is 9.82 Å². The van der Waals surface area contributed by atoms with Gasteiger partial charge in [0, 0.05) is 37.8 Å². The summed E-state index contributed by atoms with van der Waals surface area (Å²) in [4.78, 5) is 21.9. The number of nitrogens with zero attached hydrogens (tertiary/aromatic N) is 2. The predicted molar refractivity (Wildman–Crippen MR) is 107 cm³/mol. The molecular formula is C19H21N3O6S. The standard InChI is InChI=1S/C19H21N3O6S/c1-14(23)20-15-6-5-7-16(12-15)28-19-9-8-17(13-18(19)22(24)25)29(26,27)21-10-3-2-4-11-21/h5-9,12-13H,2-4,10-11H2,1H3,(H,20,23). The molecule has 1 aliphatic rings. The van der Waals surface area contributed by atoms with Crippen LogP contribution in [0.15, 0.2) is 47.4 Å². The maximum atomic E-state index is 12.8. The lowest BCUT2D eigenvalue weighted by Crippen LogP contribution is -2.35. The third-order valence-electron chi connectivity index (χ3n) is 4.46. The SMILES string of the molecule is CC(=O)Nc1cccc(Oc2ccc(S(=O)(=O)N3CCCCC3)cc2[N+](=O)[O-])c1. The van der Waals surface area contributed by atoms with Gasteiger partial charge in [-0.1, -0.05) is 12.5 Å². The molecule has 1 amide bonds. The van der Waals surface area contributed by atoms with Gasteiger partial charge in [-0.05, 0) is 37.1 Å². The van der Waals surface area contributed by atoms with Crippen LogP contribution in [-0.2, 0) is 14.8 Å². The summed E-state index contributed by atoms with van der Waals surface area (Å²) in [5.41, 5.74) is 0.0231. The van der Waals surface area contributed by atoms with Gasteiger partial charge < -0.3 is 10.1 Å². The van der Waals surface area contributed by atoms with Gasteiger partial charge in [-0.2, -0.15) is 4.31 Å². The third kappa shape index (κ3) is 4.90. The van der Waals surface area contributed by atoms with Crippen LogP contribution in [0, 0.1) is 10.1 Å². The normalized spacial score (nSPS) is 14.9. The molecule has 0 saturated carbocycles. The molecule has 0 spiro atoms.